The van der Waals surface area contributed by atoms with Crippen LogP contribution in [0.4, 0.5) is 5.69 Å². The number of nitrogens with zero attached hydrogens (tertiary/aromatic N) is 1. The molecule has 4 nitrogen and oxygen atoms in total. The number of rotatable bonds is 5. The molecule has 0 amide bonds. The van der Waals surface area contributed by atoms with Crippen molar-refractivity contribution < 1.29 is 9.72 Å². The summed E-state index contributed by atoms with van der Waals surface area (Å²) in [6.07, 6.45) is 0. The number of carbonyl (C=O) groups is 1. The number of benzene rings is 2. The van der Waals surface area contributed by atoms with Crippen LogP contribution >= 0.6 is 55.1 Å². The molecule has 0 N–H and O–H groups in total. The van der Waals surface area contributed by atoms with E-state index in [0.29, 0.717) is 10.0 Å². The van der Waals surface area contributed by atoms with Gasteiger partial charge in [0.15, 0.2) is 5.78 Å². The monoisotopic (exact) mass is 479 g/mol. The average Bonchev–Trinajstić information content (AvgIpc) is 2.55. The summed E-state index contributed by atoms with van der Waals surface area (Å²) in [5.74, 6) is -0.398. The lowest BCUT2D eigenvalue weighted by Gasteiger charge is -2.17. The van der Waals surface area contributed by atoms with E-state index in [4.69, 9.17) is 23.2 Å². The lowest BCUT2D eigenvalue weighted by molar-refractivity contribution is -0.385. The number of para-hydroxylation sites is 1. The number of hydrogen-bond donors (Lipinski definition) is 0. The first-order valence-electron chi connectivity index (χ1n) is 6.33. The summed E-state index contributed by atoms with van der Waals surface area (Å²) in [6.45, 7) is 0. The van der Waals surface area contributed by atoms with Crippen molar-refractivity contribution in [3.05, 3.63) is 73.8 Å². The first kappa shape index (κ1) is 18.4. The van der Waals surface area contributed by atoms with Crippen LogP contribution in [-0.2, 0) is 0 Å². The Kier molecular flexibility index (Phi) is 6.19. The van der Waals surface area contributed by atoms with Gasteiger partial charge in [0.1, 0.15) is 0 Å². The summed E-state index contributed by atoms with van der Waals surface area (Å²) in [5.41, 5.74) is 0.549. The fraction of sp³-hybridized carbons (Fsp3) is 0.133. The molecule has 0 aromatic heterocycles. The molecular formula is C15H9Br2Cl2NO3. The molecular weight excluding hydrogens is 473 g/mol. The summed E-state index contributed by atoms with van der Waals surface area (Å²) in [5, 5.41) is 11.8. The Balaban J connectivity index is 2.32. The molecule has 0 unspecified atom stereocenters. The van der Waals surface area contributed by atoms with E-state index in [1.807, 2.05) is 0 Å². The number of carbonyl (C=O) groups excluding carboxylic acids is 1. The van der Waals surface area contributed by atoms with Crippen LogP contribution in [-0.4, -0.2) is 15.5 Å². The van der Waals surface area contributed by atoms with E-state index in [9.17, 15) is 14.9 Å². The third-order valence-electron chi connectivity index (χ3n) is 3.14. The molecule has 0 fully saturated rings. The second-order valence-electron chi connectivity index (χ2n) is 4.62. The second-order valence-corrected chi connectivity index (χ2v) is 7.40. The normalized spacial score (nSPS) is 13.4. The molecule has 0 aliphatic carbocycles. The zero-order valence-electron chi connectivity index (χ0n) is 11.4. The second kappa shape index (κ2) is 7.75. The topological polar surface area (TPSA) is 60.2 Å². The minimum Gasteiger partial charge on any atom is -0.293 e. The molecule has 0 spiro atoms. The molecule has 120 valence electrons. The molecule has 2 aromatic rings. The number of ketones is 1. The zero-order chi connectivity index (χ0) is 17.1. The van der Waals surface area contributed by atoms with Gasteiger partial charge in [-0.2, -0.15) is 0 Å². The van der Waals surface area contributed by atoms with Crippen molar-refractivity contribution in [2.24, 2.45) is 0 Å². The fourth-order valence-electron chi connectivity index (χ4n) is 1.98. The molecule has 2 atom stereocenters. The summed E-state index contributed by atoms with van der Waals surface area (Å²) in [6, 6.07) is 10.8. The highest BCUT2D eigenvalue weighted by atomic mass is 79.9. The lowest BCUT2D eigenvalue weighted by atomic mass is 10.0. The highest BCUT2D eigenvalue weighted by Gasteiger charge is 2.30. The van der Waals surface area contributed by atoms with Crippen molar-refractivity contribution in [2.45, 2.75) is 9.65 Å². The Hall–Kier alpha value is -0.950. The van der Waals surface area contributed by atoms with Crippen molar-refractivity contribution in [1.82, 2.24) is 0 Å². The van der Waals surface area contributed by atoms with Gasteiger partial charge in [-0.15, -0.1) is 0 Å². The van der Waals surface area contributed by atoms with Crippen LogP contribution in [0.5, 0.6) is 0 Å². The van der Waals surface area contributed by atoms with Crippen molar-refractivity contribution >= 4 is 66.5 Å². The highest BCUT2D eigenvalue weighted by molar-refractivity contribution is 9.12. The van der Waals surface area contributed by atoms with Gasteiger partial charge in [0.2, 0.25) is 0 Å². The SMILES string of the molecule is O=C(c1ccccc1[N+](=O)[O-])[C@H](Br)[C@H](Br)c1ccc(Cl)c(Cl)c1. The van der Waals surface area contributed by atoms with Gasteiger partial charge in [-0.25, -0.2) is 0 Å². The van der Waals surface area contributed by atoms with Gasteiger partial charge in [0.05, 0.1) is 30.2 Å². The van der Waals surface area contributed by atoms with Gasteiger partial charge in [0, 0.05) is 6.07 Å². The van der Waals surface area contributed by atoms with E-state index >= 15 is 0 Å². The molecule has 0 saturated heterocycles. The molecule has 0 saturated carbocycles. The van der Waals surface area contributed by atoms with Crippen LogP contribution in [0.25, 0.3) is 0 Å². The average molecular weight is 482 g/mol. The quantitative estimate of drug-likeness (QED) is 0.228. The van der Waals surface area contributed by atoms with E-state index in [-0.39, 0.29) is 11.3 Å². The number of nitro groups is 1. The predicted octanol–water partition coefficient (Wildman–Crippen LogP) is 5.98. The van der Waals surface area contributed by atoms with E-state index < -0.39 is 20.4 Å². The minimum absolute atomic E-state index is 0.0453. The van der Waals surface area contributed by atoms with Crippen LogP contribution < -0.4 is 0 Å². The number of Topliss-reactive ketones (excluding diaryl/α,β-unsaturated/α-hetero) is 1. The van der Waals surface area contributed by atoms with Gasteiger partial charge >= 0.3 is 0 Å². The van der Waals surface area contributed by atoms with Gasteiger partial charge < -0.3 is 0 Å². The van der Waals surface area contributed by atoms with Crippen molar-refractivity contribution in [2.75, 3.05) is 0 Å². The van der Waals surface area contributed by atoms with Crippen LogP contribution in [0.1, 0.15) is 20.7 Å². The van der Waals surface area contributed by atoms with Crippen molar-refractivity contribution in [3.63, 3.8) is 0 Å². The van der Waals surface area contributed by atoms with Gasteiger partial charge in [0.25, 0.3) is 5.69 Å². The molecule has 0 radical (unpaired) electrons. The van der Waals surface area contributed by atoms with Crippen LogP contribution in [0.3, 0.4) is 0 Å². The van der Waals surface area contributed by atoms with E-state index in [1.54, 1.807) is 24.3 Å². The number of alkyl halides is 2. The number of nitro benzene ring substituents is 1. The summed E-state index contributed by atoms with van der Waals surface area (Å²) >= 11 is 18.6. The molecule has 0 aliphatic heterocycles. The van der Waals surface area contributed by atoms with E-state index in [0.717, 1.165) is 5.56 Å². The molecule has 0 aliphatic rings. The highest BCUT2D eigenvalue weighted by Crippen LogP contribution is 2.37. The lowest BCUT2D eigenvalue weighted by Crippen LogP contribution is -2.20. The Labute approximate surface area is 159 Å². The van der Waals surface area contributed by atoms with Gasteiger partial charge in [-0.05, 0) is 23.8 Å². The van der Waals surface area contributed by atoms with E-state index in [2.05, 4.69) is 31.9 Å². The van der Waals surface area contributed by atoms with Crippen molar-refractivity contribution in [3.8, 4) is 0 Å². The summed E-state index contributed by atoms with van der Waals surface area (Å²) in [7, 11) is 0. The van der Waals surface area contributed by atoms with Crippen LogP contribution in [0, 0.1) is 10.1 Å². The molecule has 23 heavy (non-hydrogen) atoms. The fourth-order valence-corrected chi connectivity index (χ4v) is 3.36. The molecule has 0 bridgehead atoms. The standard InChI is InChI=1S/C15H9Br2Cl2NO3/c16-13(8-5-6-10(18)11(19)7-8)14(17)15(21)9-3-1-2-4-12(9)20(22)23/h1-7,13-14H/t13-,14-/m1/s1. The van der Waals surface area contributed by atoms with Crippen LogP contribution in [0.15, 0.2) is 42.5 Å². The first-order chi connectivity index (χ1) is 10.8. The molecule has 2 rings (SSSR count). The van der Waals surface area contributed by atoms with Crippen LogP contribution in [0.2, 0.25) is 10.0 Å². The number of hydrogen-bond acceptors (Lipinski definition) is 3. The maximum atomic E-state index is 12.6. The summed E-state index contributed by atoms with van der Waals surface area (Å²) in [4.78, 5) is 22.0. The Morgan fingerprint density at radius 1 is 1.09 bits per heavy atom. The third kappa shape index (κ3) is 4.12. The molecule has 8 heteroatoms. The Morgan fingerprint density at radius 3 is 2.35 bits per heavy atom. The first-order valence-corrected chi connectivity index (χ1v) is 8.92. The Morgan fingerprint density at radius 2 is 1.74 bits per heavy atom. The smallest absolute Gasteiger partial charge is 0.280 e. The predicted molar refractivity (Wildman–Crippen MR) is 98.3 cm³/mol. The Bertz CT molecular complexity index is 770. The largest absolute Gasteiger partial charge is 0.293 e. The molecule has 0 heterocycles. The van der Waals surface area contributed by atoms with Gasteiger partial charge in [-0.3, -0.25) is 14.9 Å². The minimum atomic E-state index is -0.708. The van der Waals surface area contributed by atoms with E-state index in [1.165, 1.54) is 18.2 Å². The molecule has 2 aromatic carbocycles. The maximum absolute atomic E-state index is 12.6. The third-order valence-corrected chi connectivity index (χ3v) is 6.59. The van der Waals surface area contributed by atoms with Gasteiger partial charge in [-0.1, -0.05) is 73.3 Å². The summed E-state index contributed by atoms with van der Waals surface area (Å²) < 4.78 is 0. The maximum Gasteiger partial charge on any atom is 0.280 e. The zero-order valence-corrected chi connectivity index (χ0v) is 16.1. The number of halogens is 4. The van der Waals surface area contributed by atoms with Crippen molar-refractivity contribution in [1.29, 1.82) is 0 Å².